The molecular weight excluding hydrogens is 663 g/mol. The number of benzene rings is 10. The molecule has 0 spiro atoms. The average molecular weight is 708 g/mol. The summed E-state index contributed by atoms with van der Waals surface area (Å²) in [6.07, 6.45) is 0. The summed E-state index contributed by atoms with van der Waals surface area (Å²) in [5.74, 6) is 0. The molecule has 0 amide bonds. The van der Waals surface area contributed by atoms with E-state index in [9.17, 15) is 11.0 Å². The maximum atomic E-state index is 9.76. The summed E-state index contributed by atoms with van der Waals surface area (Å²) in [5.41, 5.74) is 4.68. The van der Waals surface area contributed by atoms with Crippen LogP contribution in [-0.4, -0.2) is 0 Å². The molecular formula is C54H37N. The molecule has 0 heterocycles. The van der Waals surface area contributed by atoms with E-state index >= 15 is 0 Å². The topological polar surface area (TPSA) is 3.24 Å². The van der Waals surface area contributed by atoms with Gasteiger partial charge in [0.15, 0.2) is 0 Å². The average Bonchev–Trinajstić information content (AvgIpc) is 3.33. The summed E-state index contributed by atoms with van der Waals surface area (Å²) in [7, 11) is 0. The molecule has 0 fully saturated rings. The lowest BCUT2D eigenvalue weighted by Crippen LogP contribution is -2.09. The van der Waals surface area contributed by atoms with Gasteiger partial charge in [0.2, 0.25) is 0 Å². The van der Waals surface area contributed by atoms with Crippen LogP contribution in [0, 0.1) is 0 Å². The van der Waals surface area contributed by atoms with Crippen molar-refractivity contribution in [3.05, 3.63) is 224 Å². The molecule has 0 saturated heterocycles. The number of hydrogen-bond donors (Lipinski definition) is 0. The Labute approximate surface area is 333 Å². The van der Waals surface area contributed by atoms with Gasteiger partial charge in [-0.3, -0.25) is 0 Å². The van der Waals surface area contributed by atoms with Gasteiger partial charge in [0, 0.05) is 17.1 Å². The minimum Gasteiger partial charge on any atom is -0.311 e. The molecule has 0 aliphatic heterocycles. The van der Waals surface area contributed by atoms with Crippen LogP contribution in [0.2, 0.25) is 0 Å². The van der Waals surface area contributed by atoms with Crippen LogP contribution in [0.4, 0.5) is 17.1 Å². The molecule has 0 saturated carbocycles. The second-order valence-electron chi connectivity index (χ2n) is 13.5. The van der Waals surface area contributed by atoms with Crippen LogP contribution < -0.4 is 4.90 Å². The summed E-state index contributed by atoms with van der Waals surface area (Å²) in [6, 6.07) is 53.2. The molecule has 10 aromatic rings. The largest absolute Gasteiger partial charge is 0.311 e. The molecule has 0 bridgehead atoms. The van der Waals surface area contributed by atoms with Crippen LogP contribution in [0.5, 0.6) is 0 Å². The number of nitrogens with zero attached hydrogens (tertiary/aromatic N) is 1. The van der Waals surface area contributed by atoms with Crippen molar-refractivity contribution in [2.75, 3.05) is 4.90 Å². The monoisotopic (exact) mass is 707 g/mol. The number of hydrogen-bond acceptors (Lipinski definition) is 1. The highest BCUT2D eigenvalue weighted by atomic mass is 15.1. The van der Waals surface area contributed by atoms with Crippen LogP contribution in [0.3, 0.4) is 0 Å². The van der Waals surface area contributed by atoms with Crippen molar-refractivity contribution in [2.45, 2.75) is 0 Å². The molecule has 258 valence electrons. The first kappa shape index (κ1) is 24.9. The van der Waals surface area contributed by atoms with Gasteiger partial charge >= 0.3 is 0 Å². The summed E-state index contributed by atoms with van der Waals surface area (Å²) in [5, 5.41) is 5.99. The Morgan fingerprint density at radius 3 is 1.47 bits per heavy atom. The predicted octanol–water partition coefficient (Wildman–Crippen LogP) is 15.3. The molecule has 55 heavy (non-hydrogen) atoms. The van der Waals surface area contributed by atoms with E-state index in [0.29, 0.717) is 16.8 Å². The third kappa shape index (κ3) is 6.02. The van der Waals surface area contributed by atoms with Gasteiger partial charge in [0.05, 0.1) is 11.0 Å². The Morgan fingerprint density at radius 1 is 0.291 bits per heavy atom. The van der Waals surface area contributed by atoms with Gasteiger partial charge in [-0.25, -0.2) is 0 Å². The third-order valence-electron chi connectivity index (χ3n) is 10.2. The zero-order valence-electron chi connectivity index (χ0n) is 37.7. The minimum absolute atomic E-state index is 0.113. The lowest BCUT2D eigenvalue weighted by atomic mass is 9.89. The van der Waals surface area contributed by atoms with Crippen LogP contribution in [0.15, 0.2) is 224 Å². The molecule has 10 rings (SSSR count). The highest BCUT2D eigenvalue weighted by Crippen LogP contribution is 2.42. The Balaban J connectivity index is 1.23. The van der Waals surface area contributed by atoms with E-state index < -0.39 is 12.1 Å². The van der Waals surface area contributed by atoms with Crippen LogP contribution >= 0.6 is 0 Å². The van der Waals surface area contributed by atoms with Crippen molar-refractivity contribution in [2.24, 2.45) is 0 Å². The van der Waals surface area contributed by atoms with Gasteiger partial charge in [-0.15, -0.1) is 0 Å². The second kappa shape index (κ2) is 14.0. The molecule has 0 N–H and O–H groups in total. The van der Waals surface area contributed by atoms with E-state index in [1.807, 2.05) is 109 Å². The molecule has 10 aromatic carbocycles. The van der Waals surface area contributed by atoms with Crippen LogP contribution in [-0.2, 0) is 0 Å². The molecule has 0 aromatic heterocycles. The van der Waals surface area contributed by atoms with E-state index in [4.69, 9.17) is 0 Å². The standard InChI is InChI=1S/C54H37N/c1-3-13-38(14-4-1)39-23-30-45(31-24-39)55(46-32-25-42(26-33-46)53-37-44-18-8-9-19-48(44)51-21-11-12-22-52(51)53)47-34-27-43(28-35-47)54-49-20-10-7-17-41(49)29-36-50(54)40-15-5-2-6-16-40/h1-37H/i23D,24D,27D,28D,30D,31D,34D,35D. The Kier molecular flexibility index (Phi) is 6.33. The number of fused-ring (bicyclic) bond motifs is 4. The van der Waals surface area contributed by atoms with Crippen molar-refractivity contribution in [1.82, 2.24) is 0 Å². The first-order chi connectivity index (χ1) is 30.6. The molecule has 0 aliphatic rings. The fraction of sp³-hybridized carbons (Fsp3) is 0. The van der Waals surface area contributed by atoms with E-state index in [1.54, 1.807) is 36.4 Å². The number of rotatable bonds is 7. The molecule has 0 atom stereocenters. The number of anilines is 3. The SMILES string of the molecule is [2H]c1c([2H])c(N(c2ccc(-c3cc4ccccc4c4ccccc34)cc2)c2c([2H])c([2H])c(-c3c(-c4ccccc4)ccc4ccccc34)c([2H])c2[2H])c([2H])c([2H])c1-c1ccccc1. The van der Waals surface area contributed by atoms with Gasteiger partial charge in [-0.05, 0) is 119 Å². The summed E-state index contributed by atoms with van der Waals surface area (Å²) < 4.78 is 76.4. The molecule has 0 aliphatic carbocycles. The highest BCUT2D eigenvalue weighted by molar-refractivity contribution is 6.14. The zero-order chi connectivity index (χ0) is 43.5. The first-order valence-electron chi connectivity index (χ1n) is 22.3. The summed E-state index contributed by atoms with van der Waals surface area (Å²) >= 11 is 0. The Morgan fingerprint density at radius 2 is 0.800 bits per heavy atom. The summed E-state index contributed by atoms with van der Waals surface area (Å²) in [6.45, 7) is 0. The van der Waals surface area contributed by atoms with Gasteiger partial charge < -0.3 is 4.90 Å². The maximum absolute atomic E-state index is 9.76. The van der Waals surface area contributed by atoms with Crippen molar-refractivity contribution < 1.29 is 11.0 Å². The van der Waals surface area contributed by atoms with Gasteiger partial charge in [-0.2, -0.15) is 0 Å². The Bertz CT molecular complexity index is 3370. The van der Waals surface area contributed by atoms with Gasteiger partial charge in [-0.1, -0.05) is 182 Å². The lowest BCUT2D eigenvalue weighted by molar-refractivity contribution is 1.28. The van der Waals surface area contributed by atoms with Crippen molar-refractivity contribution >= 4 is 49.4 Å². The van der Waals surface area contributed by atoms with E-state index in [2.05, 4.69) is 30.3 Å². The van der Waals surface area contributed by atoms with Crippen LogP contribution in [0.1, 0.15) is 11.0 Å². The fourth-order valence-corrected chi connectivity index (χ4v) is 7.56. The molecule has 1 nitrogen and oxygen atoms in total. The Hall–Kier alpha value is -7.22. The first-order valence-corrected chi connectivity index (χ1v) is 18.3. The van der Waals surface area contributed by atoms with E-state index in [0.717, 1.165) is 54.6 Å². The molecule has 0 radical (unpaired) electrons. The highest BCUT2D eigenvalue weighted by Gasteiger charge is 2.17. The minimum atomic E-state index is -0.397. The lowest BCUT2D eigenvalue weighted by Gasteiger charge is -2.26. The summed E-state index contributed by atoms with van der Waals surface area (Å²) in [4.78, 5) is 1.36. The van der Waals surface area contributed by atoms with Gasteiger partial charge in [0.25, 0.3) is 0 Å². The van der Waals surface area contributed by atoms with Crippen molar-refractivity contribution in [1.29, 1.82) is 0 Å². The van der Waals surface area contributed by atoms with E-state index in [1.165, 1.54) is 4.90 Å². The molecule has 1 heteroatoms. The quantitative estimate of drug-likeness (QED) is 0.149. The fourth-order valence-electron chi connectivity index (χ4n) is 7.56. The van der Waals surface area contributed by atoms with Crippen LogP contribution in [0.25, 0.3) is 76.8 Å². The van der Waals surface area contributed by atoms with E-state index in [-0.39, 0.29) is 58.8 Å². The zero-order valence-corrected chi connectivity index (χ0v) is 29.7. The van der Waals surface area contributed by atoms with Crippen molar-refractivity contribution in [3.63, 3.8) is 0 Å². The smallest absolute Gasteiger partial charge is 0.0645 e. The third-order valence-corrected chi connectivity index (χ3v) is 10.2. The maximum Gasteiger partial charge on any atom is 0.0645 e. The predicted molar refractivity (Wildman–Crippen MR) is 235 cm³/mol. The molecule has 0 unspecified atom stereocenters. The normalized spacial score (nSPS) is 13.3. The second-order valence-corrected chi connectivity index (χ2v) is 13.5. The van der Waals surface area contributed by atoms with Crippen molar-refractivity contribution in [3.8, 4) is 44.5 Å². The van der Waals surface area contributed by atoms with Gasteiger partial charge in [0.1, 0.15) is 0 Å².